The van der Waals surface area contributed by atoms with E-state index in [9.17, 15) is 19.5 Å². The second-order valence-electron chi connectivity index (χ2n) is 8.49. The molecule has 0 aromatic heterocycles. The van der Waals surface area contributed by atoms with Crippen LogP contribution < -0.4 is 10.6 Å². The predicted molar refractivity (Wildman–Crippen MR) is 123 cm³/mol. The number of carbonyl (C=O) groups is 3. The molecule has 0 heterocycles. The predicted octanol–water partition coefficient (Wildman–Crippen LogP) is 2.89. The number of hydrogen-bond donors (Lipinski definition) is 4. The van der Waals surface area contributed by atoms with Gasteiger partial charge in [0.15, 0.2) is 6.10 Å². The molecule has 0 spiro atoms. The first-order valence-corrected chi connectivity index (χ1v) is 11.0. The van der Waals surface area contributed by atoms with Crippen molar-refractivity contribution in [2.24, 2.45) is 5.41 Å². The number of ether oxygens (including phenoxy) is 1. The maximum absolute atomic E-state index is 12.6. The lowest BCUT2D eigenvalue weighted by molar-refractivity contribution is -0.147. The van der Waals surface area contributed by atoms with Gasteiger partial charge in [-0.3, -0.25) is 4.79 Å². The highest BCUT2D eigenvalue weighted by atomic mass is 16.5. The van der Waals surface area contributed by atoms with Crippen LogP contribution in [0, 0.1) is 5.41 Å². The molecule has 0 bridgehead atoms. The number of aliphatic hydroxyl groups excluding tert-OH is 1. The zero-order valence-electron chi connectivity index (χ0n) is 18.8. The molecule has 2 aromatic rings. The van der Waals surface area contributed by atoms with Crippen LogP contribution in [0.5, 0.6) is 0 Å². The number of carboxylic acid groups (broad SMARTS) is 1. The molecule has 1 aliphatic carbocycles. The van der Waals surface area contributed by atoms with E-state index < -0.39 is 23.6 Å². The molecule has 8 nitrogen and oxygen atoms in total. The van der Waals surface area contributed by atoms with Crippen LogP contribution in [0.4, 0.5) is 4.79 Å². The Morgan fingerprint density at radius 3 is 2.15 bits per heavy atom. The summed E-state index contributed by atoms with van der Waals surface area (Å²) in [6.07, 6.45) is -1.78. The molecule has 2 aromatic carbocycles. The Hall–Kier alpha value is -3.39. The number of hydrogen-bond acceptors (Lipinski definition) is 5. The molecular formula is C25H30N2O6. The van der Waals surface area contributed by atoms with E-state index in [1.165, 1.54) is 0 Å². The molecular weight excluding hydrogens is 424 g/mol. The summed E-state index contributed by atoms with van der Waals surface area (Å²) < 4.78 is 5.52. The van der Waals surface area contributed by atoms with Gasteiger partial charge in [-0.05, 0) is 35.6 Å². The summed E-state index contributed by atoms with van der Waals surface area (Å²) in [6.45, 7) is 3.80. The van der Waals surface area contributed by atoms with Crippen LogP contribution in [0.1, 0.15) is 43.7 Å². The van der Waals surface area contributed by atoms with Gasteiger partial charge in [-0.15, -0.1) is 0 Å². The van der Waals surface area contributed by atoms with Gasteiger partial charge >= 0.3 is 12.1 Å². The summed E-state index contributed by atoms with van der Waals surface area (Å²) in [4.78, 5) is 35.7. The summed E-state index contributed by atoms with van der Waals surface area (Å²) in [5, 5.41) is 23.3. The molecule has 1 aliphatic rings. The Bertz CT molecular complexity index is 978. The van der Waals surface area contributed by atoms with E-state index in [-0.39, 0.29) is 37.9 Å². The number of fused-ring (bicyclic) bond motifs is 3. The normalized spacial score (nSPS) is 15.0. The van der Waals surface area contributed by atoms with E-state index in [0.29, 0.717) is 6.42 Å². The van der Waals surface area contributed by atoms with E-state index >= 15 is 0 Å². The number of alkyl carbamates (subject to hydrolysis) is 1. The molecule has 176 valence electrons. The fourth-order valence-corrected chi connectivity index (χ4v) is 3.94. The number of rotatable bonds is 10. The summed E-state index contributed by atoms with van der Waals surface area (Å²) in [5.41, 5.74) is 3.62. The molecule has 8 heteroatoms. The molecule has 0 saturated heterocycles. The van der Waals surface area contributed by atoms with E-state index in [1.54, 1.807) is 6.92 Å². The molecule has 0 aliphatic heterocycles. The van der Waals surface area contributed by atoms with Crippen LogP contribution in [0.15, 0.2) is 48.5 Å². The maximum atomic E-state index is 12.6. The minimum atomic E-state index is -1.53. The second kappa shape index (κ2) is 10.5. The lowest BCUT2D eigenvalue weighted by Crippen LogP contribution is -2.47. The molecule has 2 atom stereocenters. The van der Waals surface area contributed by atoms with Crippen LogP contribution in [0.25, 0.3) is 11.1 Å². The molecule has 0 fully saturated rings. The highest BCUT2D eigenvalue weighted by Crippen LogP contribution is 2.44. The number of carboxylic acids is 1. The van der Waals surface area contributed by atoms with Crippen molar-refractivity contribution in [3.8, 4) is 11.1 Å². The van der Waals surface area contributed by atoms with Gasteiger partial charge in [-0.25, -0.2) is 9.59 Å². The Morgan fingerprint density at radius 1 is 1.03 bits per heavy atom. The van der Waals surface area contributed by atoms with Crippen molar-refractivity contribution < 1.29 is 29.3 Å². The third-order valence-corrected chi connectivity index (χ3v) is 6.28. The van der Waals surface area contributed by atoms with Crippen LogP contribution in [-0.4, -0.2) is 54.0 Å². The minimum Gasteiger partial charge on any atom is -0.479 e. The lowest BCUT2D eigenvalue weighted by atomic mass is 9.86. The van der Waals surface area contributed by atoms with Crippen LogP contribution in [0.3, 0.4) is 0 Å². The van der Waals surface area contributed by atoms with Gasteiger partial charge in [0, 0.05) is 25.4 Å². The van der Waals surface area contributed by atoms with E-state index in [4.69, 9.17) is 9.84 Å². The first kappa shape index (κ1) is 24.3. The molecule has 3 rings (SSSR count). The summed E-state index contributed by atoms with van der Waals surface area (Å²) in [6, 6.07) is 16.1. The van der Waals surface area contributed by atoms with Gasteiger partial charge in [0.25, 0.3) is 0 Å². The molecule has 2 amide bonds. The number of amides is 2. The van der Waals surface area contributed by atoms with Crippen molar-refractivity contribution in [2.75, 3.05) is 19.7 Å². The molecule has 0 radical (unpaired) electrons. The topological polar surface area (TPSA) is 125 Å². The quantitative estimate of drug-likeness (QED) is 0.438. The molecule has 33 heavy (non-hydrogen) atoms. The van der Waals surface area contributed by atoms with Crippen molar-refractivity contribution in [3.05, 3.63) is 59.7 Å². The summed E-state index contributed by atoms with van der Waals surface area (Å²) in [7, 11) is 0. The zero-order valence-corrected chi connectivity index (χ0v) is 18.8. The van der Waals surface area contributed by atoms with Crippen LogP contribution >= 0.6 is 0 Å². The number of benzene rings is 2. The van der Waals surface area contributed by atoms with E-state index in [2.05, 4.69) is 22.8 Å². The fourth-order valence-electron chi connectivity index (χ4n) is 3.94. The minimum absolute atomic E-state index is 0.0207. The molecule has 4 N–H and O–H groups in total. The van der Waals surface area contributed by atoms with E-state index in [1.807, 2.05) is 43.3 Å². The third-order valence-electron chi connectivity index (χ3n) is 6.28. The number of aliphatic carboxylic acids is 1. The Labute approximate surface area is 193 Å². The van der Waals surface area contributed by atoms with Gasteiger partial charge in [-0.1, -0.05) is 55.5 Å². The van der Waals surface area contributed by atoms with Gasteiger partial charge in [0.2, 0.25) is 5.91 Å². The van der Waals surface area contributed by atoms with Crippen molar-refractivity contribution in [2.45, 2.75) is 38.7 Å². The largest absolute Gasteiger partial charge is 0.479 e. The van der Waals surface area contributed by atoms with Crippen molar-refractivity contribution in [1.82, 2.24) is 10.6 Å². The van der Waals surface area contributed by atoms with Gasteiger partial charge < -0.3 is 25.6 Å². The van der Waals surface area contributed by atoms with Crippen molar-refractivity contribution in [3.63, 3.8) is 0 Å². The summed E-state index contributed by atoms with van der Waals surface area (Å²) in [5.74, 6) is -1.72. The standard InChI is InChI=1S/C25H30N2O6/c1-3-25(2,23(31)26-13-12-21(28)22(29)30)15-27-24(32)33-14-20-18-10-6-4-8-16(18)17-9-5-7-11-19(17)20/h4-11,20-21,28H,3,12-15H2,1-2H3,(H,26,31)(H,27,32)(H,29,30)/t21-,25?/m0/s1. The lowest BCUT2D eigenvalue weighted by Gasteiger charge is -2.27. The average Bonchev–Trinajstić information content (AvgIpc) is 3.14. The average molecular weight is 455 g/mol. The van der Waals surface area contributed by atoms with Gasteiger partial charge in [0.1, 0.15) is 6.61 Å². The third kappa shape index (κ3) is 5.51. The second-order valence-corrected chi connectivity index (χ2v) is 8.49. The van der Waals surface area contributed by atoms with Crippen molar-refractivity contribution >= 4 is 18.0 Å². The Morgan fingerprint density at radius 2 is 1.61 bits per heavy atom. The van der Waals surface area contributed by atoms with E-state index in [0.717, 1.165) is 22.3 Å². The number of aliphatic hydroxyl groups is 1. The highest BCUT2D eigenvalue weighted by Gasteiger charge is 2.33. The van der Waals surface area contributed by atoms with Gasteiger partial charge in [0.05, 0.1) is 5.41 Å². The Kier molecular flexibility index (Phi) is 7.71. The smallest absolute Gasteiger partial charge is 0.407 e. The monoisotopic (exact) mass is 454 g/mol. The van der Waals surface area contributed by atoms with Gasteiger partial charge in [-0.2, -0.15) is 0 Å². The fraction of sp³-hybridized carbons (Fsp3) is 0.400. The van der Waals surface area contributed by atoms with Crippen LogP contribution in [0.2, 0.25) is 0 Å². The Balaban J connectivity index is 1.53. The zero-order chi connectivity index (χ0) is 24.0. The van der Waals surface area contributed by atoms with Crippen molar-refractivity contribution in [1.29, 1.82) is 0 Å². The first-order valence-electron chi connectivity index (χ1n) is 11.0. The van der Waals surface area contributed by atoms with Crippen LogP contribution in [-0.2, 0) is 14.3 Å². The molecule has 1 unspecified atom stereocenters. The number of nitrogens with one attached hydrogen (secondary N) is 2. The highest BCUT2D eigenvalue weighted by molar-refractivity contribution is 5.83. The maximum Gasteiger partial charge on any atom is 0.407 e. The first-order chi connectivity index (χ1) is 15.8. The summed E-state index contributed by atoms with van der Waals surface area (Å²) >= 11 is 0. The number of carbonyl (C=O) groups excluding carboxylic acids is 2. The SMILES string of the molecule is CCC(C)(CNC(=O)OCC1c2ccccc2-c2ccccc21)C(=O)NCC[C@H](O)C(=O)O. The molecule has 0 saturated carbocycles.